The molecule has 3 heteroatoms. The molecule has 1 aliphatic rings. The molecule has 0 aliphatic carbocycles. The molecule has 0 bridgehead atoms. The fourth-order valence-electron chi connectivity index (χ4n) is 1.58. The normalized spacial score (nSPS) is 18.6. The minimum absolute atomic E-state index is 0.270. The van der Waals surface area contributed by atoms with Gasteiger partial charge in [0.15, 0.2) is 0 Å². The van der Waals surface area contributed by atoms with Crippen molar-refractivity contribution < 1.29 is 4.79 Å². The maximum absolute atomic E-state index is 10.6. The van der Waals surface area contributed by atoms with E-state index in [0.717, 1.165) is 17.7 Å². The van der Waals surface area contributed by atoms with Gasteiger partial charge in [-0.1, -0.05) is 13.8 Å². The molecule has 1 heterocycles. The highest BCUT2D eigenvalue weighted by Gasteiger charge is 2.21. The fourth-order valence-corrected chi connectivity index (χ4v) is 1.58. The summed E-state index contributed by atoms with van der Waals surface area (Å²) in [6.45, 7) is 4.30. The van der Waals surface area contributed by atoms with Gasteiger partial charge in [0.25, 0.3) is 0 Å². The van der Waals surface area contributed by atoms with Gasteiger partial charge in [0, 0.05) is 5.56 Å². The zero-order valence-electron chi connectivity index (χ0n) is 8.37. The number of hydrogen-bond acceptors (Lipinski definition) is 3. The first kappa shape index (κ1) is 9.06. The SMILES string of the molecule is CC(C)C1Nc2ccc(C=O)cc2N1. The lowest BCUT2D eigenvalue weighted by Crippen LogP contribution is -2.27. The third-order valence-corrected chi connectivity index (χ3v) is 2.47. The summed E-state index contributed by atoms with van der Waals surface area (Å²) in [6, 6.07) is 5.63. The van der Waals surface area contributed by atoms with E-state index in [9.17, 15) is 4.79 Å². The number of aldehydes is 1. The molecule has 3 nitrogen and oxygen atoms in total. The molecule has 2 N–H and O–H groups in total. The number of hydrogen-bond donors (Lipinski definition) is 2. The molecule has 0 spiro atoms. The van der Waals surface area contributed by atoms with Crippen LogP contribution >= 0.6 is 0 Å². The van der Waals surface area contributed by atoms with Crippen LogP contribution in [0.5, 0.6) is 0 Å². The van der Waals surface area contributed by atoms with Crippen LogP contribution < -0.4 is 10.6 Å². The van der Waals surface area contributed by atoms with E-state index in [1.165, 1.54) is 0 Å². The lowest BCUT2D eigenvalue weighted by atomic mass is 10.2. The topological polar surface area (TPSA) is 41.1 Å². The van der Waals surface area contributed by atoms with Crippen LogP contribution in [0.15, 0.2) is 18.2 Å². The summed E-state index contributed by atoms with van der Waals surface area (Å²) in [5, 5.41) is 6.70. The Morgan fingerprint density at radius 2 is 2.00 bits per heavy atom. The van der Waals surface area contributed by atoms with Gasteiger partial charge in [-0.05, 0) is 24.1 Å². The van der Waals surface area contributed by atoms with Gasteiger partial charge in [-0.15, -0.1) is 0 Å². The Kier molecular flexibility index (Phi) is 2.15. The molecule has 2 rings (SSSR count). The van der Waals surface area contributed by atoms with Crippen molar-refractivity contribution in [3.8, 4) is 0 Å². The summed E-state index contributed by atoms with van der Waals surface area (Å²) in [4.78, 5) is 10.6. The van der Waals surface area contributed by atoms with Crippen LogP contribution in [0.25, 0.3) is 0 Å². The van der Waals surface area contributed by atoms with Crippen LogP contribution in [0, 0.1) is 5.92 Å². The van der Waals surface area contributed by atoms with Gasteiger partial charge in [-0.2, -0.15) is 0 Å². The average Bonchev–Trinajstić information content (AvgIpc) is 2.59. The molecule has 0 fully saturated rings. The van der Waals surface area contributed by atoms with Crippen molar-refractivity contribution in [2.75, 3.05) is 10.6 Å². The van der Waals surface area contributed by atoms with Gasteiger partial charge >= 0.3 is 0 Å². The molecule has 1 aromatic carbocycles. The third kappa shape index (κ3) is 1.45. The van der Waals surface area contributed by atoms with Crippen molar-refractivity contribution in [3.05, 3.63) is 23.8 Å². The van der Waals surface area contributed by atoms with Crippen molar-refractivity contribution in [3.63, 3.8) is 0 Å². The predicted molar refractivity (Wildman–Crippen MR) is 57.7 cm³/mol. The fraction of sp³-hybridized carbons (Fsp3) is 0.364. The van der Waals surface area contributed by atoms with Crippen LogP contribution in [0.4, 0.5) is 11.4 Å². The molecule has 14 heavy (non-hydrogen) atoms. The monoisotopic (exact) mass is 190 g/mol. The molecule has 1 aliphatic heterocycles. The van der Waals surface area contributed by atoms with Crippen molar-refractivity contribution in [2.45, 2.75) is 20.0 Å². The number of rotatable bonds is 2. The molecule has 1 atom stereocenters. The minimum atomic E-state index is 0.270. The highest BCUT2D eigenvalue weighted by atomic mass is 16.1. The molecular weight excluding hydrogens is 176 g/mol. The molecule has 0 radical (unpaired) electrons. The molecule has 1 aromatic rings. The molecule has 0 aromatic heterocycles. The van der Waals surface area contributed by atoms with Crippen LogP contribution in [-0.4, -0.2) is 12.5 Å². The van der Waals surface area contributed by atoms with Gasteiger partial charge in [0.2, 0.25) is 0 Å². The smallest absolute Gasteiger partial charge is 0.150 e. The van der Waals surface area contributed by atoms with Gasteiger partial charge in [-0.25, -0.2) is 0 Å². The Balaban J connectivity index is 2.26. The first-order valence-electron chi connectivity index (χ1n) is 4.83. The second kappa shape index (κ2) is 3.33. The molecular formula is C11H14N2O. The largest absolute Gasteiger partial charge is 0.363 e. The van der Waals surface area contributed by atoms with Gasteiger partial charge in [0.1, 0.15) is 6.29 Å². The second-order valence-electron chi connectivity index (χ2n) is 3.93. The van der Waals surface area contributed by atoms with Gasteiger partial charge < -0.3 is 10.6 Å². The molecule has 1 unspecified atom stereocenters. The summed E-state index contributed by atoms with van der Waals surface area (Å²) >= 11 is 0. The van der Waals surface area contributed by atoms with Crippen molar-refractivity contribution in [1.29, 1.82) is 0 Å². The molecule has 0 saturated heterocycles. The lowest BCUT2D eigenvalue weighted by Gasteiger charge is -2.15. The van der Waals surface area contributed by atoms with Gasteiger partial charge in [-0.3, -0.25) is 4.79 Å². The van der Waals surface area contributed by atoms with E-state index in [-0.39, 0.29) is 6.17 Å². The van der Waals surface area contributed by atoms with Crippen LogP contribution in [0.3, 0.4) is 0 Å². The summed E-state index contributed by atoms with van der Waals surface area (Å²) in [7, 11) is 0. The quantitative estimate of drug-likeness (QED) is 0.703. The summed E-state index contributed by atoms with van der Waals surface area (Å²) in [5.41, 5.74) is 2.81. The number of nitrogens with one attached hydrogen (secondary N) is 2. The zero-order chi connectivity index (χ0) is 10.1. The summed E-state index contributed by atoms with van der Waals surface area (Å²) in [5.74, 6) is 0.516. The maximum atomic E-state index is 10.6. The zero-order valence-corrected chi connectivity index (χ0v) is 8.37. The Hall–Kier alpha value is -1.51. The Morgan fingerprint density at radius 1 is 1.29 bits per heavy atom. The van der Waals surface area contributed by atoms with E-state index in [1.54, 1.807) is 0 Å². The Morgan fingerprint density at radius 3 is 2.64 bits per heavy atom. The van der Waals surface area contributed by atoms with Crippen molar-refractivity contribution in [1.82, 2.24) is 0 Å². The predicted octanol–water partition coefficient (Wildman–Crippen LogP) is 2.32. The van der Waals surface area contributed by atoms with Gasteiger partial charge in [0.05, 0.1) is 17.5 Å². The standard InChI is InChI=1S/C11H14N2O/c1-7(2)11-12-9-4-3-8(6-14)5-10(9)13-11/h3-7,11-13H,1-2H3. The van der Waals surface area contributed by atoms with E-state index in [1.807, 2.05) is 18.2 Å². The summed E-state index contributed by atoms with van der Waals surface area (Å²) < 4.78 is 0. The average molecular weight is 190 g/mol. The lowest BCUT2D eigenvalue weighted by molar-refractivity contribution is 0.112. The first-order valence-corrected chi connectivity index (χ1v) is 4.83. The Bertz CT molecular complexity index is 360. The molecule has 74 valence electrons. The van der Waals surface area contributed by atoms with Crippen LogP contribution in [-0.2, 0) is 0 Å². The Labute approximate surface area is 83.5 Å². The van der Waals surface area contributed by atoms with Crippen LogP contribution in [0.1, 0.15) is 24.2 Å². The number of anilines is 2. The molecule has 0 amide bonds. The van der Waals surface area contributed by atoms with Crippen molar-refractivity contribution in [2.24, 2.45) is 5.92 Å². The number of benzene rings is 1. The summed E-state index contributed by atoms with van der Waals surface area (Å²) in [6.07, 6.45) is 1.14. The maximum Gasteiger partial charge on any atom is 0.150 e. The highest BCUT2D eigenvalue weighted by molar-refractivity contribution is 5.83. The number of carbonyl (C=O) groups excluding carboxylic acids is 1. The number of carbonyl (C=O) groups is 1. The second-order valence-corrected chi connectivity index (χ2v) is 3.93. The van der Waals surface area contributed by atoms with Crippen LogP contribution in [0.2, 0.25) is 0 Å². The van der Waals surface area contributed by atoms with E-state index >= 15 is 0 Å². The van der Waals surface area contributed by atoms with E-state index < -0.39 is 0 Å². The van der Waals surface area contributed by atoms with E-state index in [4.69, 9.17) is 0 Å². The van der Waals surface area contributed by atoms with Crippen molar-refractivity contribution >= 4 is 17.7 Å². The van der Waals surface area contributed by atoms with E-state index in [0.29, 0.717) is 11.5 Å². The third-order valence-electron chi connectivity index (χ3n) is 2.47. The first-order chi connectivity index (χ1) is 6.70. The molecule has 0 saturated carbocycles. The minimum Gasteiger partial charge on any atom is -0.363 e. The number of fused-ring (bicyclic) bond motifs is 1. The van der Waals surface area contributed by atoms with E-state index in [2.05, 4.69) is 24.5 Å². The highest BCUT2D eigenvalue weighted by Crippen LogP contribution is 2.31.